The molecule has 1 amide bonds. The molecule has 2 N–H and O–H groups in total. The summed E-state index contributed by atoms with van der Waals surface area (Å²) in [4.78, 5) is 25.7. The van der Waals surface area contributed by atoms with E-state index in [0.29, 0.717) is 23.2 Å². The van der Waals surface area contributed by atoms with Crippen LogP contribution in [0.2, 0.25) is 0 Å². The highest BCUT2D eigenvalue weighted by Crippen LogP contribution is 2.26. The molecule has 0 saturated carbocycles. The third kappa shape index (κ3) is 5.80. The molecule has 3 aromatic rings. The molecule has 3 aromatic carbocycles. The van der Waals surface area contributed by atoms with Crippen molar-refractivity contribution in [2.24, 2.45) is 0 Å². The number of phenolic OH excluding ortho intramolecular Hbond substituents is 1. The van der Waals surface area contributed by atoms with Crippen LogP contribution in [0.15, 0.2) is 60.7 Å². The van der Waals surface area contributed by atoms with E-state index >= 15 is 0 Å². The van der Waals surface area contributed by atoms with E-state index in [-0.39, 0.29) is 11.7 Å². The molecule has 3 rings (SSSR count). The van der Waals surface area contributed by atoms with Gasteiger partial charge in [-0.25, -0.2) is 0 Å². The molecule has 0 aliphatic carbocycles. The standard InChI is InChI=1S/C26H28N2O3/c1-18-15-19(17-29)6-12-24(18)20-7-10-23(11-8-20)27-26(31)22-9-13-25(30)21(16-22)5-4-14-28(2)3/h6-13,15-17,30H,4-5,14H2,1-3H3,(H,27,31). The maximum absolute atomic E-state index is 12.7. The highest BCUT2D eigenvalue weighted by Gasteiger charge is 2.11. The molecule has 0 fully saturated rings. The van der Waals surface area contributed by atoms with E-state index < -0.39 is 0 Å². The number of aldehydes is 1. The molecule has 0 spiro atoms. The smallest absolute Gasteiger partial charge is 0.255 e. The minimum absolute atomic E-state index is 0.215. The van der Waals surface area contributed by atoms with Crippen LogP contribution in [0.4, 0.5) is 5.69 Å². The SMILES string of the molecule is Cc1cc(C=O)ccc1-c1ccc(NC(=O)c2ccc(O)c(CCCN(C)C)c2)cc1. The van der Waals surface area contributed by atoms with E-state index in [9.17, 15) is 14.7 Å². The van der Waals surface area contributed by atoms with Gasteiger partial charge in [0.2, 0.25) is 0 Å². The lowest BCUT2D eigenvalue weighted by atomic mass is 9.98. The zero-order chi connectivity index (χ0) is 22.4. The van der Waals surface area contributed by atoms with Crippen LogP contribution >= 0.6 is 0 Å². The Morgan fingerprint density at radius 2 is 1.77 bits per heavy atom. The van der Waals surface area contributed by atoms with Crippen LogP contribution in [0, 0.1) is 6.92 Å². The van der Waals surface area contributed by atoms with E-state index in [1.807, 2.05) is 57.4 Å². The lowest BCUT2D eigenvalue weighted by Crippen LogP contribution is -2.14. The van der Waals surface area contributed by atoms with Crippen LogP contribution in [0.5, 0.6) is 5.75 Å². The number of aromatic hydroxyl groups is 1. The van der Waals surface area contributed by atoms with Crippen molar-refractivity contribution in [2.75, 3.05) is 26.0 Å². The van der Waals surface area contributed by atoms with Crippen LogP contribution in [0.1, 0.15) is 38.3 Å². The van der Waals surface area contributed by atoms with Gasteiger partial charge in [0, 0.05) is 16.8 Å². The zero-order valence-electron chi connectivity index (χ0n) is 18.2. The third-order valence-electron chi connectivity index (χ3n) is 5.23. The van der Waals surface area contributed by atoms with E-state index in [0.717, 1.165) is 41.5 Å². The molecule has 0 aliphatic heterocycles. The Labute approximate surface area is 183 Å². The van der Waals surface area contributed by atoms with Gasteiger partial charge in [0.25, 0.3) is 5.91 Å². The fourth-order valence-electron chi connectivity index (χ4n) is 3.53. The number of hydrogen-bond donors (Lipinski definition) is 2. The number of rotatable bonds is 8. The van der Waals surface area contributed by atoms with Crippen molar-refractivity contribution in [2.45, 2.75) is 19.8 Å². The van der Waals surface area contributed by atoms with Gasteiger partial charge in [0.05, 0.1) is 0 Å². The largest absolute Gasteiger partial charge is 0.508 e. The monoisotopic (exact) mass is 416 g/mol. The normalized spacial score (nSPS) is 10.8. The summed E-state index contributed by atoms with van der Waals surface area (Å²) in [5, 5.41) is 13.0. The number of phenols is 1. The first-order valence-corrected chi connectivity index (χ1v) is 10.3. The number of aryl methyl sites for hydroxylation is 2. The Morgan fingerprint density at radius 3 is 2.42 bits per heavy atom. The second kappa shape index (κ2) is 10.0. The highest BCUT2D eigenvalue weighted by molar-refractivity contribution is 6.04. The third-order valence-corrected chi connectivity index (χ3v) is 5.23. The van der Waals surface area contributed by atoms with Crippen molar-refractivity contribution in [1.29, 1.82) is 0 Å². The van der Waals surface area contributed by atoms with Crippen molar-refractivity contribution in [3.8, 4) is 16.9 Å². The molecule has 0 saturated heterocycles. The van der Waals surface area contributed by atoms with Gasteiger partial charge in [-0.3, -0.25) is 9.59 Å². The number of carbonyl (C=O) groups excluding carboxylic acids is 2. The number of carbonyl (C=O) groups is 2. The molecule has 0 aromatic heterocycles. The number of anilines is 1. The number of benzene rings is 3. The van der Waals surface area contributed by atoms with Gasteiger partial charge in [-0.1, -0.05) is 24.3 Å². The molecule has 0 bridgehead atoms. The summed E-state index contributed by atoms with van der Waals surface area (Å²) < 4.78 is 0. The van der Waals surface area contributed by atoms with Crippen LogP contribution in [-0.2, 0) is 6.42 Å². The minimum atomic E-state index is -0.215. The quantitative estimate of drug-likeness (QED) is 0.511. The molecule has 0 atom stereocenters. The Hall–Kier alpha value is -3.44. The second-order valence-electron chi connectivity index (χ2n) is 7.97. The summed E-state index contributed by atoms with van der Waals surface area (Å²) >= 11 is 0. The molecular formula is C26H28N2O3. The van der Waals surface area contributed by atoms with Gasteiger partial charge in [-0.15, -0.1) is 0 Å². The van der Waals surface area contributed by atoms with Crippen LogP contribution in [-0.4, -0.2) is 42.8 Å². The van der Waals surface area contributed by atoms with Gasteiger partial charge in [-0.05, 0) is 99.1 Å². The molecule has 0 aliphatic rings. The summed E-state index contributed by atoms with van der Waals surface area (Å²) in [7, 11) is 4.02. The Kier molecular flexibility index (Phi) is 7.21. The molecule has 0 heterocycles. The van der Waals surface area contributed by atoms with Crippen molar-refractivity contribution in [1.82, 2.24) is 4.90 Å². The average Bonchev–Trinajstić information content (AvgIpc) is 2.75. The summed E-state index contributed by atoms with van der Waals surface area (Å²) in [6.07, 6.45) is 2.45. The molecule has 5 heteroatoms. The first kappa shape index (κ1) is 22.2. The lowest BCUT2D eigenvalue weighted by molar-refractivity contribution is 0.102. The molecule has 31 heavy (non-hydrogen) atoms. The highest BCUT2D eigenvalue weighted by atomic mass is 16.3. The van der Waals surface area contributed by atoms with Crippen LogP contribution in [0.3, 0.4) is 0 Å². The molecular weight excluding hydrogens is 388 g/mol. The summed E-state index contributed by atoms with van der Waals surface area (Å²) in [5.41, 5.74) is 5.72. The van der Waals surface area contributed by atoms with Gasteiger partial charge in [-0.2, -0.15) is 0 Å². The van der Waals surface area contributed by atoms with E-state index in [1.165, 1.54) is 0 Å². The summed E-state index contributed by atoms with van der Waals surface area (Å²) in [6.45, 7) is 2.89. The van der Waals surface area contributed by atoms with Crippen molar-refractivity contribution < 1.29 is 14.7 Å². The number of amides is 1. The first-order chi connectivity index (χ1) is 14.9. The molecule has 0 unspecified atom stereocenters. The topological polar surface area (TPSA) is 69.6 Å². The summed E-state index contributed by atoms with van der Waals surface area (Å²) in [5.74, 6) is 0.00347. The van der Waals surface area contributed by atoms with Gasteiger partial charge in [0.15, 0.2) is 0 Å². The van der Waals surface area contributed by atoms with Gasteiger partial charge < -0.3 is 15.3 Å². The fraction of sp³-hybridized carbons (Fsp3) is 0.231. The van der Waals surface area contributed by atoms with Crippen molar-refractivity contribution in [3.05, 3.63) is 82.9 Å². The average molecular weight is 417 g/mol. The molecule has 0 radical (unpaired) electrons. The lowest BCUT2D eigenvalue weighted by Gasteiger charge is -2.12. The zero-order valence-corrected chi connectivity index (χ0v) is 18.2. The Bertz CT molecular complexity index is 1070. The minimum Gasteiger partial charge on any atom is -0.508 e. The second-order valence-corrected chi connectivity index (χ2v) is 7.97. The van der Waals surface area contributed by atoms with Gasteiger partial charge in [0.1, 0.15) is 12.0 Å². The van der Waals surface area contributed by atoms with Crippen molar-refractivity contribution >= 4 is 17.9 Å². The van der Waals surface area contributed by atoms with Crippen molar-refractivity contribution in [3.63, 3.8) is 0 Å². The van der Waals surface area contributed by atoms with E-state index in [1.54, 1.807) is 24.3 Å². The Morgan fingerprint density at radius 1 is 1.03 bits per heavy atom. The van der Waals surface area contributed by atoms with E-state index in [2.05, 4.69) is 10.2 Å². The fourth-order valence-corrected chi connectivity index (χ4v) is 3.53. The maximum atomic E-state index is 12.7. The van der Waals surface area contributed by atoms with E-state index in [4.69, 9.17) is 0 Å². The van der Waals surface area contributed by atoms with Gasteiger partial charge >= 0.3 is 0 Å². The molecule has 5 nitrogen and oxygen atoms in total. The number of hydrogen-bond acceptors (Lipinski definition) is 4. The number of nitrogens with one attached hydrogen (secondary N) is 1. The summed E-state index contributed by atoms with van der Waals surface area (Å²) in [6, 6.07) is 18.2. The predicted molar refractivity (Wildman–Crippen MR) is 125 cm³/mol. The van der Waals surface area contributed by atoms with Crippen LogP contribution < -0.4 is 5.32 Å². The maximum Gasteiger partial charge on any atom is 0.255 e. The predicted octanol–water partition coefficient (Wildman–Crippen LogP) is 4.93. The molecule has 160 valence electrons. The Balaban J connectivity index is 1.70. The number of nitrogens with zero attached hydrogens (tertiary/aromatic N) is 1. The first-order valence-electron chi connectivity index (χ1n) is 10.3. The van der Waals surface area contributed by atoms with Crippen LogP contribution in [0.25, 0.3) is 11.1 Å².